The summed E-state index contributed by atoms with van der Waals surface area (Å²) >= 11 is 5.03. The van der Waals surface area contributed by atoms with Crippen molar-refractivity contribution in [3.63, 3.8) is 0 Å². The fraction of sp³-hybridized carbons (Fsp3) is 0.500. The number of aromatic nitrogens is 1. The summed E-state index contributed by atoms with van der Waals surface area (Å²) in [5, 5.41) is 0. The molecule has 4 heteroatoms. The lowest BCUT2D eigenvalue weighted by Gasteiger charge is -2.16. The van der Waals surface area contributed by atoms with Crippen LogP contribution in [0.25, 0.3) is 0 Å². The van der Waals surface area contributed by atoms with Gasteiger partial charge in [0.1, 0.15) is 4.99 Å². The minimum atomic E-state index is 0.113. The normalized spacial score (nSPS) is 12.2. The zero-order valence-electron chi connectivity index (χ0n) is 10.2. The van der Waals surface area contributed by atoms with Gasteiger partial charge in [0.15, 0.2) is 0 Å². The monoisotopic (exact) mass is 238 g/mol. The Morgan fingerprint density at radius 1 is 1.56 bits per heavy atom. The lowest BCUT2D eigenvalue weighted by atomic mass is 10.1. The van der Waals surface area contributed by atoms with E-state index in [1.54, 1.807) is 0 Å². The van der Waals surface area contributed by atoms with Crippen molar-refractivity contribution in [3.8, 4) is 5.88 Å². The van der Waals surface area contributed by atoms with E-state index in [1.807, 2.05) is 26.8 Å². The minimum Gasteiger partial charge on any atom is -0.474 e. The maximum absolute atomic E-state index is 5.74. The lowest BCUT2D eigenvalue weighted by molar-refractivity contribution is 0.208. The van der Waals surface area contributed by atoms with Crippen LogP contribution >= 0.6 is 12.2 Å². The number of ether oxygens (including phenoxy) is 1. The summed E-state index contributed by atoms with van der Waals surface area (Å²) in [5.74, 6) is 0.555. The predicted molar refractivity (Wildman–Crippen MR) is 70.0 cm³/mol. The van der Waals surface area contributed by atoms with Crippen LogP contribution in [-0.2, 0) is 0 Å². The second kappa shape index (κ2) is 5.25. The molecule has 0 aromatic carbocycles. The van der Waals surface area contributed by atoms with Crippen molar-refractivity contribution < 1.29 is 4.74 Å². The Bertz CT molecular complexity index is 404. The third-order valence-electron chi connectivity index (χ3n) is 2.45. The number of nitrogens with two attached hydrogens (primary N) is 1. The molecule has 0 aliphatic carbocycles. The summed E-state index contributed by atoms with van der Waals surface area (Å²) in [6.45, 7) is 7.96. The summed E-state index contributed by atoms with van der Waals surface area (Å²) in [5.41, 5.74) is 8.37. The first-order chi connectivity index (χ1) is 7.45. The highest BCUT2D eigenvalue weighted by Gasteiger charge is 2.14. The van der Waals surface area contributed by atoms with Crippen molar-refractivity contribution >= 4 is 17.2 Å². The quantitative estimate of drug-likeness (QED) is 0.819. The Labute approximate surface area is 102 Å². The average Bonchev–Trinajstić information content (AvgIpc) is 2.15. The van der Waals surface area contributed by atoms with E-state index < -0.39 is 0 Å². The van der Waals surface area contributed by atoms with E-state index in [-0.39, 0.29) is 6.10 Å². The Balaban J connectivity index is 3.19. The molecule has 0 aliphatic rings. The van der Waals surface area contributed by atoms with E-state index in [0.29, 0.717) is 10.9 Å². The third-order valence-corrected chi connectivity index (χ3v) is 2.65. The highest BCUT2D eigenvalue weighted by Crippen LogP contribution is 2.22. The summed E-state index contributed by atoms with van der Waals surface area (Å²) in [4.78, 5) is 4.69. The minimum absolute atomic E-state index is 0.113. The van der Waals surface area contributed by atoms with Crippen LogP contribution in [0.5, 0.6) is 5.88 Å². The zero-order chi connectivity index (χ0) is 12.3. The van der Waals surface area contributed by atoms with Crippen LogP contribution in [0.4, 0.5) is 0 Å². The molecule has 3 nitrogen and oxygen atoms in total. The van der Waals surface area contributed by atoms with Crippen LogP contribution in [0, 0.1) is 13.8 Å². The Morgan fingerprint density at radius 3 is 2.69 bits per heavy atom. The summed E-state index contributed by atoms with van der Waals surface area (Å²) in [6, 6.07) is 1.96. The van der Waals surface area contributed by atoms with Gasteiger partial charge in [-0.2, -0.15) is 0 Å². The number of aryl methyl sites for hydroxylation is 2. The summed E-state index contributed by atoms with van der Waals surface area (Å²) in [6.07, 6.45) is 1.03. The molecule has 0 saturated heterocycles. The molecule has 16 heavy (non-hydrogen) atoms. The molecule has 1 heterocycles. The molecule has 1 aromatic rings. The first-order valence-electron chi connectivity index (χ1n) is 5.40. The van der Waals surface area contributed by atoms with Gasteiger partial charge in [-0.3, -0.25) is 0 Å². The molecular weight excluding hydrogens is 220 g/mol. The molecular formula is C12H18N2OS. The molecule has 0 fully saturated rings. The van der Waals surface area contributed by atoms with Crippen molar-refractivity contribution in [1.82, 2.24) is 4.98 Å². The highest BCUT2D eigenvalue weighted by molar-refractivity contribution is 7.80. The van der Waals surface area contributed by atoms with Crippen LogP contribution in [0.3, 0.4) is 0 Å². The fourth-order valence-electron chi connectivity index (χ4n) is 1.46. The van der Waals surface area contributed by atoms with Crippen LogP contribution in [0.15, 0.2) is 6.07 Å². The molecule has 1 atom stereocenters. The van der Waals surface area contributed by atoms with Crippen molar-refractivity contribution in [2.75, 3.05) is 0 Å². The van der Waals surface area contributed by atoms with E-state index in [9.17, 15) is 0 Å². The molecule has 0 aliphatic heterocycles. The molecule has 0 bridgehead atoms. The number of nitrogens with zero attached hydrogens (tertiary/aromatic N) is 1. The van der Waals surface area contributed by atoms with Gasteiger partial charge in [-0.25, -0.2) is 4.98 Å². The molecule has 0 spiro atoms. The van der Waals surface area contributed by atoms with Crippen molar-refractivity contribution in [3.05, 3.63) is 22.9 Å². The molecule has 88 valence electrons. The number of hydrogen-bond donors (Lipinski definition) is 1. The number of thiocarbonyl (C=S) groups is 1. The molecule has 1 rings (SSSR count). The van der Waals surface area contributed by atoms with Gasteiger partial charge in [-0.1, -0.05) is 19.1 Å². The largest absolute Gasteiger partial charge is 0.474 e. The second-order valence-electron chi connectivity index (χ2n) is 3.96. The van der Waals surface area contributed by atoms with Gasteiger partial charge in [-0.15, -0.1) is 0 Å². The molecule has 0 saturated carbocycles. The molecule has 1 aromatic heterocycles. The predicted octanol–water partition coefficient (Wildman–Crippen LogP) is 2.51. The average molecular weight is 238 g/mol. The van der Waals surface area contributed by atoms with Crippen molar-refractivity contribution in [2.45, 2.75) is 40.2 Å². The van der Waals surface area contributed by atoms with Crippen molar-refractivity contribution in [2.24, 2.45) is 5.73 Å². The van der Waals surface area contributed by atoms with Crippen molar-refractivity contribution in [1.29, 1.82) is 0 Å². The van der Waals surface area contributed by atoms with E-state index in [0.717, 1.165) is 23.2 Å². The van der Waals surface area contributed by atoms with Crippen LogP contribution in [-0.4, -0.2) is 16.1 Å². The van der Waals surface area contributed by atoms with Gasteiger partial charge in [0.2, 0.25) is 5.88 Å². The van der Waals surface area contributed by atoms with Crippen LogP contribution in [0.1, 0.15) is 37.1 Å². The first-order valence-corrected chi connectivity index (χ1v) is 5.81. The Kier molecular flexibility index (Phi) is 4.24. The summed E-state index contributed by atoms with van der Waals surface area (Å²) in [7, 11) is 0. The van der Waals surface area contributed by atoms with Gasteiger partial charge in [-0.05, 0) is 38.8 Å². The van der Waals surface area contributed by atoms with Gasteiger partial charge < -0.3 is 10.5 Å². The summed E-state index contributed by atoms with van der Waals surface area (Å²) < 4.78 is 5.74. The lowest BCUT2D eigenvalue weighted by Crippen LogP contribution is -2.18. The fourth-order valence-corrected chi connectivity index (χ4v) is 1.71. The maximum atomic E-state index is 5.74. The number of pyridine rings is 1. The Hall–Kier alpha value is -1.16. The maximum Gasteiger partial charge on any atom is 0.224 e. The Morgan fingerprint density at radius 2 is 2.19 bits per heavy atom. The smallest absolute Gasteiger partial charge is 0.224 e. The highest BCUT2D eigenvalue weighted by atomic mass is 32.1. The first kappa shape index (κ1) is 12.9. The molecule has 2 N–H and O–H groups in total. The van der Waals surface area contributed by atoms with E-state index in [4.69, 9.17) is 22.7 Å². The van der Waals surface area contributed by atoms with Gasteiger partial charge >= 0.3 is 0 Å². The molecule has 1 unspecified atom stereocenters. The number of rotatable bonds is 4. The topological polar surface area (TPSA) is 48.1 Å². The van der Waals surface area contributed by atoms with Gasteiger partial charge in [0.05, 0.1) is 11.7 Å². The number of hydrogen-bond acceptors (Lipinski definition) is 3. The standard InChI is InChI=1S/C12H18N2OS/c1-5-9(4)15-12-10(11(13)16)7(2)6-8(3)14-12/h6,9H,5H2,1-4H3,(H2,13,16). The second-order valence-corrected chi connectivity index (χ2v) is 4.40. The molecule has 0 amide bonds. The van der Waals surface area contributed by atoms with E-state index in [1.165, 1.54) is 0 Å². The van der Waals surface area contributed by atoms with Crippen LogP contribution in [0.2, 0.25) is 0 Å². The van der Waals surface area contributed by atoms with E-state index in [2.05, 4.69) is 11.9 Å². The SMILES string of the molecule is CCC(C)Oc1nc(C)cc(C)c1C(N)=S. The third kappa shape index (κ3) is 2.92. The molecule has 0 radical (unpaired) electrons. The van der Waals surface area contributed by atoms with Gasteiger partial charge in [0, 0.05) is 5.69 Å². The van der Waals surface area contributed by atoms with Gasteiger partial charge in [0.25, 0.3) is 0 Å². The zero-order valence-corrected chi connectivity index (χ0v) is 11.0. The van der Waals surface area contributed by atoms with Crippen LogP contribution < -0.4 is 10.5 Å². The van der Waals surface area contributed by atoms with E-state index >= 15 is 0 Å².